The van der Waals surface area contributed by atoms with Crippen molar-refractivity contribution in [3.05, 3.63) is 42.1 Å². The van der Waals surface area contributed by atoms with E-state index in [0.29, 0.717) is 5.92 Å². The smallest absolute Gasteiger partial charge is 0.0827 e. The Balaban J connectivity index is 1.97. The summed E-state index contributed by atoms with van der Waals surface area (Å²) < 4.78 is 5.35. The van der Waals surface area contributed by atoms with Gasteiger partial charge in [0.1, 0.15) is 0 Å². The lowest BCUT2D eigenvalue weighted by atomic mass is 9.88. The van der Waals surface area contributed by atoms with Crippen molar-refractivity contribution in [1.29, 1.82) is 0 Å². The predicted octanol–water partition coefficient (Wildman–Crippen LogP) is 2.69. The highest BCUT2D eigenvalue weighted by molar-refractivity contribution is 5.82. The van der Waals surface area contributed by atoms with Gasteiger partial charge in [-0.2, -0.15) is 0 Å². The molecule has 18 heavy (non-hydrogen) atoms. The Bertz CT molecular complexity index is 530. The highest BCUT2D eigenvalue weighted by atomic mass is 16.5. The molecule has 0 saturated carbocycles. The summed E-state index contributed by atoms with van der Waals surface area (Å²) >= 11 is 0. The second kappa shape index (κ2) is 5.04. The molecule has 1 aliphatic rings. The summed E-state index contributed by atoms with van der Waals surface area (Å²) in [5.41, 5.74) is 1.94. The molecule has 3 nitrogen and oxygen atoms in total. The molecule has 1 aromatic carbocycles. The highest BCUT2D eigenvalue weighted by Crippen LogP contribution is 2.33. The maximum Gasteiger partial charge on any atom is 0.0827 e. The lowest BCUT2D eigenvalue weighted by Gasteiger charge is -2.27. The van der Waals surface area contributed by atoms with Gasteiger partial charge in [-0.25, -0.2) is 0 Å². The third kappa shape index (κ3) is 2.11. The number of rotatable bonds is 2. The highest BCUT2D eigenvalue weighted by Gasteiger charge is 2.24. The molecular formula is C15H17NO2. The molecule has 1 aromatic heterocycles. The average molecular weight is 243 g/mol. The van der Waals surface area contributed by atoms with E-state index >= 15 is 0 Å². The fourth-order valence-corrected chi connectivity index (χ4v) is 2.66. The Hall–Kier alpha value is -1.45. The number of hydrogen-bond acceptors (Lipinski definition) is 3. The van der Waals surface area contributed by atoms with Crippen LogP contribution in [0.5, 0.6) is 0 Å². The zero-order chi connectivity index (χ0) is 12.4. The molecule has 0 aliphatic carbocycles. The molecule has 0 radical (unpaired) electrons. The van der Waals surface area contributed by atoms with Crippen LogP contribution in [0, 0.1) is 5.92 Å². The minimum absolute atomic E-state index is 0.296. The lowest BCUT2D eigenvalue weighted by molar-refractivity contribution is 0.00771. The first kappa shape index (κ1) is 11.6. The van der Waals surface area contributed by atoms with Crippen molar-refractivity contribution in [1.82, 2.24) is 4.98 Å². The molecule has 1 N–H and O–H groups in total. The maximum absolute atomic E-state index is 10.6. The molecule has 1 fully saturated rings. The maximum atomic E-state index is 10.6. The van der Waals surface area contributed by atoms with E-state index in [9.17, 15) is 5.11 Å². The number of pyridine rings is 1. The van der Waals surface area contributed by atoms with E-state index in [1.54, 1.807) is 6.20 Å². The molecule has 1 atom stereocenters. The van der Waals surface area contributed by atoms with Crippen molar-refractivity contribution in [3.63, 3.8) is 0 Å². The molecule has 3 heteroatoms. The standard InChI is InChI=1S/C15H17NO2/c17-15(11-6-9-18-10-7-11)13-5-8-16-14-4-2-1-3-12(13)14/h1-5,8,11,15,17H,6-7,9-10H2. The van der Waals surface area contributed by atoms with Gasteiger partial charge in [0.2, 0.25) is 0 Å². The Morgan fingerprint density at radius 2 is 1.94 bits per heavy atom. The number of fused-ring (bicyclic) bond motifs is 1. The fraction of sp³-hybridized carbons (Fsp3) is 0.400. The number of nitrogens with zero attached hydrogens (tertiary/aromatic N) is 1. The molecule has 1 unspecified atom stereocenters. The SMILES string of the molecule is OC(c1ccnc2ccccc12)C1CCOCC1. The number of aliphatic hydroxyl groups excluding tert-OH is 1. The molecule has 2 heterocycles. The van der Waals surface area contributed by atoms with Crippen LogP contribution in [0.1, 0.15) is 24.5 Å². The molecule has 0 bridgehead atoms. The van der Waals surface area contributed by atoms with Gasteiger partial charge >= 0.3 is 0 Å². The number of aromatic nitrogens is 1. The van der Waals surface area contributed by atoms with Gasteiger partial charge in [-0.15, -0.1) is 0 Å². The third-order valence-electron chi connectivity index (χ3n) is 3.71. The van der Waals surface area contributed by atoms with Gasteiger partial charge < -0.3 is 9.84 Å². The summed E-state index contributed by atoms with van der Waals surface area (Å²) in [4.78, 5) is 4.33. The summed E-state index contributed by atoms with van der Waals surface area (Å²) in [6.45, 7) is 1.51. The Labute approximate surface area is 106 Å². The Morgan fingerprint density at radius 3 is 2.78 bits per heavy atom. The minimum Gasteiger partial charge on any atom is -0.388 e. The van der Waals surface area contributed by atoms with Crippen LogP contribution in [0.2, 0.25) is 0 Å². The van der Waals surface area contributed by atoms with Crippen molar-refractivity contribution >= 4 is 10.9 Å². The molecule has 0 spiro atoms. The van der Waals surface area contributed by atoms with Gasteiger partial charge in [-0.3, -0.25) is 4.98 Å². The van der Waals surface area contributed by atoms with Gasteiger partial charge in [0.15, 0.2) is 0 Å². The summed E-state index contributed by atoms with van der Waals surface area (Å²) in [6.07, 6.45) is 3.22. The Morgan fingerprint density at radius 1 is 1.17 bits per heavy atom. The van der Waals surface area contributed by atoms with Crippen LogP contribution < -0.4 is 0 Å². The first-order chi connectivity index (χ1) is 8.86. The summed E-state index contributed by atoms with van der Waals surface area (Å²) in [6, 6.07) is 9.91. The summed E-state index contributed by atoms with van der Waals surface area (Å²) in [5, 5.41) is 11.6. The van der Waals surface area contributed by atoms with Gasteiger partial charge in [-0.1, -0.05) is 18.2 Å². The van der Waals surface area contributed by atoms with Crippen LogP contribution >= 0.6 is 0 Å². The van der Waals surface area contributed by atoms with E-state index in [1.807, 2.05) is 30.3 Å². The van der Waals surface area contributed by atoms with Gasteiger partial charge in [0.25, 0.3) is 0 Å². The lowest BCUT2D eigenvalue weighted by Crippen LogP contribution is -2.22. The average Bonchev–Trinajstić information content (AvgIpc) is 2.47. The van der Waals surface area contributed by atoms with Crippen molar-refractivity contribution in [2.45, 2.75) is 18.9 Å². The van der Waals surface area contributed by atoms with Gasteiger partial charge in [0, 0.05) is 24.8 Å². The molecule has 2 aromatic rings. The monoisotopic (exact) mass is 243 g/mol. The number of para-hydroxylation sites is 1. The molecule has 1 aliphatic heterocycles. The first-order valence-electron chi connectivity index (χ1n) is 6.46. The van der Waals surface area contributed by atoms with E-state index in [-0.39, 0.29) is 0 Å². The van der Waals surface area contributed by atoms with E-state index in [1.165, 1.54) is 0 Å². The van der Waals surface area contributed by atoms with Crippen molar-refractivity contribution in [2.24, 2.45) is 5.92 Å². The normalized spacial score (nSPS) is 18.9. The topological polar surface area (TPSA) is 42.4 Å². The first-order valence-corrected chi connectivity index (χ1v) is 6.46. The minimum atomic E-state index is -0.415. The zero-order valence-electron chi connectivity index (χ0n) is 10.2. The van der Waals surface area contributed by atoms with E-state index in [0.717, 1.165) is 42.5 Å². The number of benzene rings is 1. The molecule has 3 rings (SSSR count). The zero-order valence-corrected chi connectivity index (χ0v) is 10.2. The molecule has 1 saturated heterocycles. The summed E-state index contributed by atoms with van der Waals surface area (Å²) in [7, 11) is 0. The Kier molecular flexibility index (Phi) is 3.26. The summed E-state index contributed by atoms with van der Waals surface area (Å²) in [5.74, 6) is 0.296. The van der Waals surface area contributed by atoms with Crippen LogP contribution in [-0.2, 0) is 4.74 Å². The van der Waals surface area contributed by atoms with Gasteiger partial charge in [-0.05, 0) is 36.5 Å². The van der Waals surface area contributed by atoms with Crippen LogP contribution in [-0.4, -0.2) is 23.3 Å². The second-order valence-corrected chi connectivity index (χ2v) is 4.81. The van der Waals surface area contributed by atoms with E-state index in [2.05, 4.69) is 4.98 Å². The van der Waals surface area contributed by atoms with Gasteiger partial charge in [0.05, 0.1) is 11.6 Å². The van der Waals surface area contributed by atoms with Crippen molar-refractivity contribution in [3.8, 4) is 0 Å². The molecule has 94 valence electrons. The quantitative estimate of drug-likeness (QED) is 0.881. The number of aliphatic hydroxyl groups is 1. The van der Waals surface area contributed by atoms with E-state index < -0.39 is 6.10 Å². The molecular weight excluding hydrogens is 226 g/mol. The van der Waals surface area contributed by atoms with Crippen LogP contribution in [0.4, 0.5) is 0 Å². The second-order valence-electron chi connectivity index (χ2n) is 4.81. The largest absolute Gasteiger partial charge is 0.388 e. The third-order valence-corrected chi connectivity index (χ3v) is 3.71. The molecule has 0 amide bonds. The van der Waals surface area contributed by atoms with Crippen molar-refractivity contribution < 1.29 is 9.84 Å². The predicted molar refractivity (Wildman–Crippen MR) is 70.2 cm³/mol. The number of ether oxygens (including phenoxy) is 1. The van der Waals surface area contributed by atoms with Crippen LogP contribution in [0.25, 0.3) is 10.9 Å². The van der Waals surface area contributed by atoms with Crippen LogP contribution in [0.3, 0.4) is 0 Å². The van der Waals surface area contributed by atoms with Crippen molar-refractivity contribution in [2.75, 3.05) is 13.2 Å². The van der Waals surface area contributed by atoms with E-state index in [4.69, 9.17) is 4.74 Å². The fourth-order valence-electron chi connectivity index (χ4n) is 2.66. The van der Waals surface area contributed by atoms with Crippen LogP contribution in [0.15, 0.2) is 36.5 Å². The number of hydrogen-bond donors (Lipinski definition) is 1.